The SMILES string of the molecule is CCCC(CCC)OC(=O)c1snnc1-c1ccccc1. The molecule has 0 saturated carbocycles. The van der Waals surface area contributed by atoms with Gasteiger partial charge >= 0.3 is 5.97 Å². The van der Waals surface area contributed by atoms with Crippen molar-refractivity contribution in [2.45, 2.75) is 45.6 Å². The monoisotopic (exact) mass is 304 g/mol. The van der Waals surface area contributed by atoms with E-state index in [-0.39, 0.29) is 12.1 Å². The van der Waals surface area contributed by atoms with E-state index in [0.29, 0.717) is 10.6 Å². The average molecular weight is 304 g/mol. The summed E-state index contributed by atoms with van der Waals surface area (Å²) in [5.41, 5.74) is 1.50. The van der Waals surface area contributed by atoms with Crippen LogP contribution in [-0.2, 0) is 4.74 Å². The molecule has 2 rings (SSSR count). The quantitative estimate of drug-likeness (QED) is 0.714. The zero-order valence-electron chi connectivity index (χ0n) is 12.4. The molecule has 4 nitrogen and oxygen atoms in total. The molecule has 1 aromatic heterocycles. The number of carbonyl (C=O) groups is 1. The van der Waals surface area contributed by atoms with E-state index in [1.165, 1.54) is 0 Å². The van der Waals surface area contributed by atoms with Crippen LogP contribution in [0.15, 0.2) is 30.3 Å². The molecule has 5 heteroatoms. The summed E-state index contributed by atoms with van der Waals surface area (Å²) in [6, 6.07) is 9.60. The number of esters is 1. The molecule has 2 aromatic rings. The Morgan fingerprint density at radius 1 is 1.19 bits per heavy atom. The fourth-order valence-electron chi connectivity index (χ4n) is 2.22. The van der Waals surface area contributed by atoms with Crippen molar-refractivity contribution in [3.05, 3.63) is 35.2 Å². The second-order valence-corrected chi connectivity index (χ2v) is 5.68. The zero-order chi connectivity index (χ0) is 15.1. The Hall–Kier alpha value is -1.75. The average Bonchev–Trinajstić information content (AvgIpc) is 2.98. The van der Waals surface area contributed by atoms with Gasteiger partial charge in [0.2, 0.25) is 0 Å². The van der Waals surface area contributed by atoms with Crippen molar-refractivity contribution in [1.82, 2.24) is 9.59 Å². The first-order valence-corrected chi connectivity index (χ1v) is 8.12. The minimum Gasteiger partial charge on any atom is -0.458 e. The Bertz CT molecular complexity index is 563. The molecule has 1 heterocycles. The zero-order valence-corrected chi connectivity index (χ0v) is 13.2. The lowest BCUT2D eigenvalue weighted by atomic mass is 10.1. The summed E-state index contributed by atoms with van der Waals surface area (Å²) in [6.07, 6.45) is 3.78. The topological polar surface area (TPSA) is 52.1 Å². The summed E-state index contributed by atoms with van der Waals surface area (Å²) in [6.45, 7) is 4.19. The highest BCUT2D eigenvalue weighted by Gasteiger charge is 2.22. The number of aromatic nitrogens is 2. The standard InChI is InChI=1S/C16H20N2O2S/c1-3-8-13(9-4-2)20-16(19)15-14(17-18-21-15)12-10-6-5-7-11-12/h5-7,10-11,13H,3-4,8-9H2,1-2H3. The number of ether oxygens (including phenoxy) is 1. The summed E-state index contributed by atoms with van der Waals surface area (Å²) in [5.74, 6) is -0.309. The van der Waals surface area contributed by atoms with Crippen LogP contribution in [0.4, 0.5) is 0 Å². The molecule has 1 aromatic carbocycles. The van der Waals surface area contributed by atoms with E-state index < -0.39 is 0 Å². The highest BCUT2D eigenvalue weighted by Crippen LogP contribution is 2.25. The van der Waals surface area contributed by atoms with Crippen LogP contribution in [-0.4, -0.2) is 21.7 Å². The van der Waals surface area contributed by atoms with Gasteiger partial charge in [0.05, 0.1) is 0 Å². The number of hydrogen-bond acceptors (Lipinski definition) is 5. The molecule has 0 aliphatic rings. The first-order chi connectivity index (χ1) is 10.3. The highest BCUT2D eigenvalue weighted by atomic mass is 32.1. The van der Waals surface area contributed by atoms with Crippen molar-refractivity contribution < 1.29 is 9.53 Å². The third kappa shape index (κ3) is 4.11. The van der Waals surface area contributed by atoms with Gasteiger partial charge < -0.3 is 4.74 Å². The number of benzene rings is 1. The van der Waals surface area contributed by atoms with Gasteiger partial charge in [0.15, 0.2) is 4.88 Å². The van der Waals surface area contributed by atoms with Crippen LogP contribution >= 0.6 is 11.5 Å². The molecule has 0 atom stereocenters. The van der Waals surface area contributed by atoms with Crippen molar-refractivity contribution >= 4 is 17.5 Å². The third-order valence-electron chi connectivity index (χ3n) is 3.22. The summed E-state index contributed by atoms with van der Waals surface area (Å²) < 4.78 is 9.54. The van der Waals surface area contributed by atoms with Crippen LogP contribution in [0.3, 0.4) is 0 Å². The van der Waals surface area contributed by atoms with Crippen molar-refractivity contribution in [1.29, 1.82) is 0 Å². The highest BCUT2D eigenvalue weighted by molar-refractivity contribution is 7.08. The molecule has 0 fully saturated rings. The third-order valence-corrected chi connectivity index (χ3v) is 3.92. The van der Waals surface area contributed by atoms with Crippen LogP contribution < -0.4 is 0 Å². The normalized spacial score (nSPS) is 10.8. The van der Waals surface area contributed by atoms with Crippen molar-refractivity contribution in [2.24, 2.45) is 0 Å². The maximum absolute atomic E-state index is 12.4. The first kappa shape index (κ1) is 15.6. The van der Waals surface area contributed by atoms with Crippen LogP contribution in [0.1, 0.15) is 49.2 Å². The van der Waals surface area contributed by atoms with Gasteiger partial charge in [-0.15, -0.1) is 5.10 Å². The van der Waals surface area contributed by atoms with Crippen LogP contribution in [0, 0.1) is 0 Å². The van der Waals surface area contributed by atoms with E-state index in [0.717, 1.165) is 42.8 Å². The maximum atomic E-state index is 12.4. The van der Waals surface area contributed by atoms with E-state index in [4.69, 9.17) is 4.74 Å². The van der Waals surface area contributed by atoms with Crippen molar-refractivity contribution in [3.63, 3.8) is 0 Å². The van der Waals surface area contributed by atoms with Gasteiger partial charge in [0.1, 0.15) is 11.8 Å². The Labute approximate surface area is 129 Å². The van der Waals surface area contributed by atoms with Gasteiger partial charge in [-0.05, 0) is 24.4 Å². The lowest BCUT2D eigenvalue weighted by Crippen LogP contribution is -2.17. The number of nitrogens with zero attached hydrogens (tertiary/aromatic N) is 2. The van der Waals surface area contributed by atoms with Gasteiger partial charge in [0.25, 0.3) is 0 Å². The lowest BCUT2D eigenvalue weighted by molar-refractivity contribution is 0.0265. The lowest BCUT2D eigenvalue weighted by Gasteiger charge is -2.16. The van der Waals surface area contributed by atoms with Gasteiger partial charge in [0, 0.05) is 5.56 Å². The molecule has 0 amide bonds. The molecule has 0 N–H and O–H groups in total. The molecular formula is C16H20N2O2S. The van der Waals surface area contributed by atoms with E-state index in [1.807, 2.05) is 30.3 Å². The Morgan fingerprint density at radius 3 is 2.48 bits per heavy atom. The molecular weight excluding hydrogens is 284 g/mol. The fraction of sp³-hybridized carbons (Fsp3) is 0.438. The molecule has 0 bridgehead atoms. The molecule has 0 aliphatic carbocycles. The molecule has 0 unspecified atom stereocenters. The summed E-state index contributed by atoms with van der Waals surface area (Å²) >= 11 is 1.09. The Balaban J connectivity index is 2.15. The second kappa shape index (κ2) is 7.88. The molecule has 112 valence electrons. The molecule has 0 spiro atoms. The van der Waals surface area contributed by atoms with Crippen LogP contribution in [0.2, 0.25) is 0 Å². The van der Waals surface area contributed by atoms with E-state index in [9.17, 15) is 4.79 Å². The molecule has 0 aliphatic heterocycles. The van der Waals surface area contributed by atoms with Gasteiger partial charge in [-0.2, -0.15) is 0 Å². The van der Waals surface area contributed by atoms with E-state index in [2.05, 4.69) is 23.4 Å². The number of carbonyl (C=O) groups excluding carboxylic acids is 1. The predicted octanol–water partition coefficient (Wildman–Crippen LogP) is 4.33. The summed E-state index contributed by atoms with van der Waals surface area (Å²) in [7, 11) is 0. The number of hydrogen-bond donors (Lipinski definition) is 0. The maximum Gasteiger partial charge on any atom is 0.352 e. The minimum absolute atomic E-state index is 0.0155. The summed E-state index contributed by atoms with van der Waals surface area (Å²) in [4.78, 5) is 12.9. The largest absolute Gasteiger partial charge is 0.458 e. The fourth-order valence-corrected chi connectivity index (χ4v) is 2.79. The summed E-state index contributed by atoms with van der Waals surface area (Å²) in [5, 5.41) is 4.07. The van der Waals surface area contributed by atoms with Gasteiger partial charge in [-0.1, -0.05) is 61.5 Å². The van der Waals surface area contributed by atoms with E-state index in [1.54, 1.807) is 0 Å². The first-order valence-electron chi connectivity index (χ1n) is 7.35. The van der Waals surface area contributed by atoms with Gasteiger partial charge in [-0.3, -0.25) is 0 Å². The second-order valence-electron chi connectivity index (χ2n) is 4.92. The van der Waals surface area contributed by atoms with E-state index >= 15 is 0 Å². The molecule has 0 saturated heterocycles. The van der Waals surface area contributed by atoms with Crippen LogP contribution in [0.25, 0.3) is 11.3 Å². The van der Waals surface area contributed by atoms with Crippen molar-refractivity contribution in [2.75, 3.05) is 0 Å². The molecule has 21 heavy (non-hydrogen) atoms. The van der Waals surface area contributed by atoms with Gasteiger partial charge in [-0.25, -0.2) is 4.79 Å². The Morgan fingerprint density at radius 2 is 1.86 bits per heavy atom. The Kier molecular flexibility index (Phi) is 5.87. The van der Waals surface area contributed by atoms with Crippen molar-refractivity contribution in [3.8, 4) is 11.3 Å². The number of rotatable bonds is 7. The smallest absolute Gasteiger partial charge is 0.352 e. The predicted molar refractivity (Wildman–Crippen MR) is 84.4 cm³/mol. The molecule has 0 radical (unpaired) electrons. The van der Waals surface area contributed by atoms with Crippen LogP contribution in [0.5, 0.6) is 0 Å². The minimum atomic E-state index is -0.309.